The van der Waals surface area contributed by atoms with E-state index in [1.54, 1.807) is 36.4 Å². The fraction of sp³-hybridized carbons (Fsp3) is 0.136. The summed E-state index contributed by atoms with van der Waals surface area (Å²) in [5, 5.41) is 0.0991. The molecule has 0 heterocycles. The highest BCUT2D eigenvalue weighted by Gasteiger charge is 2.19. The number of carbonyl (C=O) groups excluding carboxylic acids is 1. The lowest BCUT2D eigenvalue weighted by Crippen LogP contribution is -2.23. The maximum Gasteiger partial charge on any atom is 0.339 e. The number of sulfonamides is 1. The van der Waals surface area contributed by atoms with Crippen LogP contribution in [0.25, 0.3) is 0 Å². The van der Waals surface area contributed by atoms with Crippen LogP contribution in [0.15, 0.2) is 71.6 Å². The molecule has 0 saturated heterocycles. The van der Waals surface area contributed by atoms with Gasteiger partial charge >= 0.3 is 5.97 Å². The van der Waals surface area contributed by atoms with Gasteiger partial charge in [0.2, 0.25) is 10.0 Å². The van der Waals surface area contributed by atoms with Crippen molar-refractivity contribution in [3.05, 3.63) is 94.3 Å². The first-order chi connectivity index (χ1) is 14.8. The lowest BCUT2D eigenvalue weighted by atomic mass is 10.2. The molecule has 9 heteroatoms. The maximum atomic E-state index is 12.9. The average molecular weight is 464 g/mol. The molecule has 1 N–H and O–H groups in total. The third-order valence-electron chi connectivity index (χ3n) is 4.36. The molecule has 0 aliphatic heterocycles. The molecule has 0 aliphatic carbocycles. The van der Waals surface area contributed by atoms with Gasteiger partial charge < -0.3 is 9.47 Å². The molecule has 3 aromatic carbocycles. The van der Waals surface area contributed by atoms with Crippen molar-refractivity contribution in [1.29, 1.82) is 0 Å². The van der Waals surface area contributed by atoms with E-state index < -0.39 is 16.0 Å². The number of halogens is 2. The average Bonchev–Trinajstić information content (AvgIpc) is 2.77. The Morgan fingerprint density at radius 3 is 2.29 bits per heavy atom. The van der Waals surface area contributed by atoms with Crippen molar-refractivity contribution in [2.24, 2.45) is 0 Å². The second-order valence-corrected chi connectivity index (χ2v) is 8.69. The summed E-state index contributed by atoms with van der Waals surface area (Å²) in [5.41, 5.74) is 1.50. The topological polar surface area (TPSA) is 81.7 Å². The quantitative estimate of drug-likeness (QED) is 0.503. The summed E-state index contributed by atoms with van der Waals surface area (Å²) in [6, 6.07) is 16.7. The third-order valence-corrected chi connectivity index (χ3v) is 6.09. The second kappa shape index (κ2) is 9.91. The number of esters is 1. The van der Waals surface area contributed by atoms with E-state index in [2.05, 4.69) is 9.46 Å². The Hall–Kier alpha value is -2.94. The van der Waals surface area contributed by atoms with Gasteiger partial charge in [-0.25, -0.2) is 22.3 Å². The highest BCUT2D eigenvalue weighted by atomic mass is 35.5. The van der Waals surface area contributed by atoms with E-state index in [4.69, 9.17) is 16.3 Å². The first-order valence-electron chi connectivity index (χ1n) is 9.12. The number of nitrogens with one attached hydrogen (secondary N) is 1. The molecular formula is C22H19ClFNO5S. The Morgan fingerprint density at radius 2 is 1.65 bits per heavy atom. The molecule has 0 bridgehead atoms. The largest absolute Gasteiger partial charge is 0.489 e. The van der Waals surface area contributed by atoms with E-state index in [1.165, 1.54) is 37.4 Å². The van der Waals surface area contributed by atoms with Crippen molar-refractivity contribution in [3.8, 4) is 5.75 Å². The third kappa shape index (κ3) is 6.04. The highest BCUT2D eigenvalue weighted by molar-refractivity contribution is 7.89. The van der Waals surface area contributed by atoms with Crippen LogP contribution in [0.2, 0.25) is 5.02 Å². The molecule has 0 aliphatic rings. The second-order valence-electron chi connectivity index (χ2n) is 6.52. The molecule has 6 nitrogen and oxygen atoms in total. The molecule has 3 aromatic rings. The zero-order chi connectivity index (χ0) is 22.4. The fourth-order valence-corrected chi connectivity index (χ4v) is 3.89. The van der Waals surface area contributed by atoms with Gasteiger partial charge in [0.15, 0.2) is 0 Å². The van der Waals surface area contributed by atoms with Crippen LogP contribution in [0.3, 0.4) is 0 Å². The predicted octanol–water partition coefficient (Wildman–Crippen LogP) is 4.32. The van der Waals surface area contributed by atoms with E-state index >= 15 is 0 Å². The molecule has 0 aromatic heterocycles. The summed E-state index contributed by atoms with van der Waals surface area (Å²) >= 11 is 5.93. The van der Waals surface area contributed by atoms with Crippen LogP contribution in [0, 0.1) is 5.82 Å². The SMILES string of the molecule is COC(=O)c1cc(S(=O)(=O)NCc2ccc(OCc3ccc(F)cc3)cc2)ccc1Cl. The summed E-state index contributed by atoms with van der Waals surface area (Å²) < 4.78 is 50.8. The van der Waals surface area contributed by atoms with E-state index in [1.807, 2.05) is 0 Å². The Kier molecular flexibility index (Phi) is 7.27. The lowest BCUT2D eigenvalue weighted by Gasteiger charge is -2.10. The van der Waals surface area contributed by atoms with Gasteiger partial charge in [0.25, 0.3) is 0 Å². The minimum absolute atomic E-state index is 0.0327. The number of ether oxygens (including phenoxy) is 2. The van der Waals surface area contributed by atoms with E-state index in [0.29, 0.717) is 11.3 Å². The fourth-order valence-electron chi connectivity index (χ4n) is 2.65. The van der Waals surface area contributed by atoms with E-state index in [-0.39, 0.29) is 34.5 Å². The molecular weight excluding hydrogens is 445 g/mol. The summed E-state index contributed by atoms with van der Waals surface area (Å²) in [6.07, 6.45) is 0. The van der Waals surface area contributed by atoms with Crippen LogP contribution in [0.5, 0.6) is 5.75 Å². The molecule has 0 fully saturated rings. The van der Waals surface area contributed by atoms with Gasteiger partial charge in [-0.15, -0.1) is 0 Å². The van der Waals surface area contributed by atoms with Crippen LogP contribution in [-0.2, 0) is 27.9 Å². The molecule has 0 amide bonds. The lowest BCUT2D eigenvalue weighted by molar-refractivity contribution is 0.0600. The molecule has 0 atom stereocenters. The van der Waals surface area contributed by atoms with Crippen LogP contribution in [0.1, 0.15) is 21.5 Å². The van der Waals surface area contributed by atoms with Gasteiger partial charge in [-0.05, 0) is 53.6 Å². The van der Waals surface area contributed by atoms with Crippen molar-refractivity contribution in [2.75, 3.05) is 7.11 Å². The van der Waals surface area contributed by atoms with Gasteiger partial charge in [-0.3, -0.25) is 0 Å². The Bertz CT molecular complexity index is 1170. The van der Waals surface area contributed by atoms with Crippen LogP contribution < -0.4 is 9.46 Å². The van der Waals surface area contributed by atoms with Gasteiger partial charge in [0.05, 0.1) is 22.6 Å². The maximum absolute atomic E-state index is 12.9. The zero-order valence-corrected chi connectivity index (χ0v) is 18.0. The van der Waals surface area contributed by atoms with Gasteiger partial charge in [0.1, 0.15) is 18.2 Å². The van der Waals surface area contributed by atoms with E-state index in [0.717, 1.165) is 5.56 Å². The molecule has 31 heavy (non-hydrogen) atoms. The minimum Gasteiger partial charge on any atom is -0.489 e. The van der Waals surface area contributed by atoms with Crippen molar-refractivity contribution in [3.63, 3.8) is 0 Å². The molecule has 0 saturated carbocycles. The number of hydrogen-bond donors (Lipinski definition) is 1. The molecule has 0 unspecified atom stereocenters. The monoisotopic (exact) mass is 463 g/mol. The van der Waals surface area contributed by atoms with E-state index in [9.17, 15) is 17.6 Å². The smallest absolute Gasteiger partial charge is 0.339 e. The number of methoxy groups -OCH3 is 1. The summed E-state index contributed by atoms with van der Waals surface area (Å²) in [6.45, 7) is 0.322. The van der Waals surface area contributed by atoms with Crippen LogP contribution >= 0.6 is 11.6 Å². The number of rotatable bonds is 8. The molecule has 0 radical (unpaired) electrons. The number of benzene rings is 3. The standard InChI is InChI=1S/C22H19ClFNO5S/c1-29-22(26)20-12-19(10-11-21(20)23)31(27,28)25-13-15-4-8-18(9-5-15)30-14-16-2-6-17(24)7-3-16/h2-12,25H,13-14H2,1H3. The molecule has 162 valence electrons. The molecule has 0 spiro atoms. The summed E-state index contributed by atoms with van der Waals surface area (Å²) in [4.78, 5) is 11.6. The first-order valence-corrected chi connectivity index (χ1v) is 11.0. The minimum atomic E-state index is -3.88. The van der Waals surface area contributed by atoms with Crippen molar-refractivity contribution < 1.29 is 27.1 Å². The van der Waals surface area contributed by atoms with Crippen molar-refractivity contribution in [2.45, 2.75) is 18.0 Å². The predicted molar refractivity (Wildman–Crippen MR) is 114 cm³/mol. The Balaban J connectivity index is 1.61. The zero-order valence-electron chi connectivity index (χ0n) is 16.5. The van der Waals surface area contributed by atoms with Gasteiger partial charge in [0, 0.05) is 6.54 Å². The summed E-state index contributed by atoms with van der Waals surface area (Å²) in [7, 11) is -2.69. The van der Waals surface area contributed by atoms with Crippen LogP contribution in [0.4, 0.5) is 4.39 Å². The number of hydrogen-bond acceptors (Lipinski definition) is 5. The normalized spacial score (nSPS) is 11.2. The Morgan fingerprint density at radius 1 is 1.00 bits per heavy atom. The van der Waals surface area contributed by atoms with Gasteiger partial charge in [-0.1, -0.05) is 35.9 Å². The molecule has 3 rings (SSSR count). The highest BCUT2D eigenvalue weighted by Crippen LogP contribution is 2.22. The van der Waals surface area contributed by atoms with Crippen LogP contribution in [-0.4, -0.2) is 21.5 Å². The van der Waals surface area contributed by atoms with Crippen molar-refractivity contribution in [1.82, 2.24) is 4.72 Å². The van der Waals surface area contributed by atoms with Gasteiger partial charge in [-0.2, -0.15) is 0 Å². The Labute approximate surface area is 184 Å². The first kappa shape index (κ1) is 22.7. The number of carbonyl (C=O) groups is 1. The summed E-state index contributed by atoms with van der Waals surface area (Å²) in [5.74, 6) is -0.440. The van der Waals surface area contributed by atoms with Crippen molar-refractivity contribution >= 4 is 27.6 Å².